The molecule has 0 spiro atoms. The van der Waals surface area contributed by atoms with Crippen molar-refractivity contribution in [2.75, 3.05) is 37.1 Å². The molecule has 168 valence electrons. The number of hydrogen-bond acceptors (Lipinski definition) is 9. The van der Waals surface area contributed by atoms with E-state index in [2.05, 4.69) is 25.8 Å². The number of nitrogens with zero attached hydrogens (tertiary/aromatic N) is 4. The minimum absolute atomic E-state index is 0.144. The summed E-state index contributed by atoms with van der Waals surface area (Å²) >= 11 is 1.48. The summed E-state index contributed by atoms with van der Waals surface area (Å²) in [5, 5.41) is 10.6. The maximum Gasteiger partial charge on any atom is 0.324 e. The molecule has 11 heteroatoms. The Morgan fingerprint density at radius 1 is 1.28 bits per heavy atom. The van der Waals surface area contributed by atoms with Gasteiger partial charge in [0.1, 0.15) is 5.75 Å². The van der Waals surface area contributed by atoms with E-state index in [1.165, 1.54) is 11.3 Å². The van der Waals surface area contributed by atoms with Gasteiger partial charge in [-0.05, 0) is 25.0 Å². The van der Waals surface area contributed by atoms with Crippen LogP contribution >= 0.6 is 11.3 Å². The van der Waals surface area contributed by atoms with E-state index in [4.69, 9.17) is 14.0 Å². The Hall–Kier alpha value is -3.18. The summed E-state index contributed by atoms with van der Waals surface area (Å²) in [6.45, 7) is 2.68. The average molecular weight is 457 g/mol. The van der Waals surface area contributed by atoms with Gasteiger partial charge in [-0.1, -0.05) is 28.6 Å². The molecule has 0 aliphatic carbocycles. The second-order valence-electron chi connectivity index (χ2n) is 7.68. The first kappa shape index (κ1) is 20.7. The van der Waals surface area contributed by atoms with E-state index in [-0.39, 0.29) is 12.1 Å². The Labute approximate surface area is 188 Å². The predicted molar refractivity (Wildman–Crippen MR) is 119 cm³/mol. The highest BCUT2D eigenvalue weighted by Gasteiger charge is 2.25. The fourth-order valence-electron chi connectivity index (χ4n) is 3.80. The molecule has 4 heterocycles. The number of rotatable bonds is 5. The van der Waals surface area contributed by atoms with Crippen molar-refractivity contribution in [1.29, 1.82) is 0 Å². The first-order valence-electron chi connectivity index (χ1n) is 10.5. The first-order valence-corrected chi connectivity index (χ1v) is 11.4. The molecule has 0 atom stereocenters. The third-order valence-corrected chi connectivity index (χ3v) is 6.52. The second kappa shape index (κ2) is 9.13. The van der Waals surface area contributed by atoms with Crippen molar-refractivity contribution in [2.45, 2.75) is 31.8 Å². The number of carbonyl (C=O) groups is 1. The van der Waals surface area contributed by atoms with Crippen LogP contribution in [0.3, 0.4) is 0 Å². The number of urea groups is 1. The Morgan fingerprint density at radius 3 is 3.00 bits per heavy atom. The topological polar surface area (TPSA) is 115 Å². The highest BCUT2D eigenvalue weighted by Crippen LogP contribution is 2.31. The largest absolute Gasteiger partial charge is 0.497 e. The molecule has 3 aromatic rings. The van der Waals surface area contributed by atoms with Gasteiger partial charge in [0.05, 0.1) is 19.3 Å². The normalized spacial score (nSPS) is 16.5. The molecule has 1 saturated heterocycles. The molecule has 2 amide bonds. The van der Waals surface area contributed by atoms with Crippen LogP contribution in [-0.4, -0.2) is 54.1 Å². The standard InChI is InChI=1S/C21H24N6O4S/c1-29-15-4-2-3-13(11-15)18-24-21(31-26-18)27-8-5-16-17(12-27)32-20(23-16)25-19(28)22-14-6-9-30-10-7-14/h2-4,11,14H,5-10,12H2,1H3,(H2,22,23,25,28). The molecule has 1 aromatic carbocycles. The summed E-state index contributed by atoms with van der Waals surface area (Å²) in [6.07, 6.45) is 2.41. The zero-order valence-corrected chi connectivity index (χ0v) is 18.5. The van der Waals surface area contributed by atoms with Crippen molar-refractivity contribution in [3.63, 3.8) is 0 Å². The van der Waals surface area contributed by atoms with Crippen LogP contribution in [0.15, 0.2) is 28.8 Å². The van der Waals surface area contributed by atoms with Gasteiger partial charge in [0, 0.05) is 42.7 Å². The van der Waals surface area contributed by atoms with E-state index >= 15 is 0 Å². The molecular weight excluding hydrogens is 432 g/mol. The third kappa shape index (κ3) is 4.53. The molecule has 2 aliphatic heterocycles. The molecule has 5 rings (SSSR count). The molecule has 2 N–H and O–H groups in total. The fraction of sp³-hybridized carbons (Fsp3) is 0.429. The second-order valence-corrected chi connectivity index (χ2v) is 8.76. The van der Waals surface area contributed by atoms with Gasteiger partial charge in [-0.25, -0.2) is 9.78 Å². The average Bonchev–Trinajstić information content (AvgIpc) is 3.46. The summed E-state index contributed by atoms with van der Waals surface area (Å²) in [6, 6.07) is 7.93. The highest BCUT2D eigenvalue weighted by molar-refractivity contribution is 7.15. The van der Waals surface area contributed by atoms with E-state index in [1.807, 2.05) is 29.2 Å². The van der Waals surface area contributed by atoms with E-state index in [9.17, 15) is 4.79 Å². The lowest BCUT2D eigenvalue weighted by Gasteiger charge is -2.23. The lowest BCUT2D eigenvalue weighted by molar-refractivity contribution is 0.0806. The Kier molecular flexibility index (Phi) is 5.91. The third-order valence-electron chi connectivity index (χ3n) is 5.52. The van der Waals surface area contributed by atoms with Gasteiger partial charge in [0.2, 0.25) is 5.82 Å². The molecule has 0 radical (unpaired) electrons. The van der Waals surface area contributed by atoms with E-state index in [1.54, 1.807) is 7.11 Å². The quantitative estimate of drug-likeness (QED) is 0.602. The molecular formula is C21H24N6O4S. The number of fused-ring (bicyclic) bond motifs is 1. The molecule has 10 nitrogen and oxygen atoms in total. The van der Waals surface area contributed by atoms with Gasteiger partial charge < -0.3 is 24.2 Å². The van der Waals surface area contributed by atoms with Crippen molar-refractivity contribution in [3.05, 3.63) is 34.8 Å². The zero-order valence-electron chi connectivity index (χ0n) is 17.7. The van der Waals surface area contributed by atoms with Gasteiger partial charge in [0.15, 0.2) is 5.13 Å². The number of aromatic nitrogens is 3. The number of carbonyl (C=O) groups excluding carboxylic acids is 1. The summed E-state index contributed by atoms with van der Waals surface area (Å²) in [4.78, 5) is 24.6. The lowest BCUT2D eigenvalue weighted by atomic mass is 10.1. The number of benzene rings is 1. The van der Waals surface area contributed by atoms with E-state index in [0.29, 0.717) is 43.3 Å². The maximum atomic E-state index is 12.3. The molecule has 0 unspecified atom stereocenters. The van der Waals surface area contributed by atoms with Crippen LogP contribution in [0, 0.1) is 0 Å². The Bertz CT molecular complexity index is 1090. The Morgan fingerprint density at radius 2 is 2.16 bits per heavy atom. The number of amides is 2. The van der Waals surface area contributed by atoms with Crippen LogP contribution in [0.5, 0.6) is 5.75 Å². The summed E-state index contributed by atoms with van der Waals surface area (Å²) in [7, 11) is 1.62. The van der Waals surface area contributed by atoms with E-state index in [0.717, 1.165) is 41.1 Å². The van der Waals surface area contributed by atoms with Crippen molar-refractivity contribution < 1.29 is 18.8 Å². The number of anilines is 2. The molecule has 32 heavy (non-hydrogen) atoms. The molecule has 0 bridgehead atoms. The van der Waals surface area contributed by atoms with Crippen LogP contribution < -0.4 is 20.3 Å². The van der Waals surface area contributed by atoms with Crippen molar-refractivity contribution in [2.24, 2.45) is 0 Å². The van der Waals surface area contributed by atoms with Gasteiger partial charge in [-0.2, -0.15) is 4.98 Å². The zero-order chi connectivity index (χ0) is 21.9. The number of ether oxygens (including phenoxy) is 2. The summed E-state index contributed by atoms with van der Waals surface area (Å²) in [5.74, 6) is 1.25. The maximum absolute atomic E-state index is 12.3. The predicted octanol–water partition coefficient (Wildman–Crippen LogP) is 3.06. The molecule has 1 fully saturated rings. The Balaban J connectivity index is 1.23. The van der Waals surface area contributed by atoms with Crippen LogP contribution in [-0.2, 0) is 17.7 Å². The van der Waals surface area contributed by atoms with Gasteiger partial charge in [-0.15, -0.1) is 0 Å². The SMILES string of the molecule is COc1cccc(-c2noc(N3CCc4nc(NC(=O)NC5CCOCC5)sc4C3)n2)c1. The van der Waals surface area contributed by atoms with Crippen molar-refractivity contribution >= 4 is 28.5 Å². The lowest BCUT2D eigenvalue weighted by Crippen LogP contribution is -2.41. The van der Waals surface area contributed by atoms with Crippen LogP contribution in [0.1, 0.15) is 23.4 Å². The molecule has 2 aromatic heterocycles. The van der Waals surface area contributed by atoms with Gasteiger partial charge in [-0.3, -0.25) is 5.32 Å². The number of hydrogen-bond donors (Lipinski definition) is 2. The minimum Gasteiger partial charge on any atom is -0.497 e. The van der Waals surface area contributed by atoms with Crippen molar-refractivity contribution in [3.8, 4) is 17.1 Å². The molecule has 0 saturated carbocycles. The van der Waals surface area contributed by atoms with Crippen LogP contribution in [0.4, 0.5) is 15.9 Å². The summed E-state index contributed by atoms with van der Waals surface area (Å²) < 4.78 is 16.1. The first-order chi connectivity index (χ1) is 15.7. The number of thiazole rings is 1. The monoisotopic (exact) mass is 456 g/mol. The smallest absolute Gasteiger partial charge is 0.324 e. The summed E-state index contributed by atoms with van der Waals surface area (Å²) in [5.41, 5.74) is 1.83. The fourth-order valence-corrected chi connectivity index (χ4v) is 4.81. The highest BCUT2D eigenvalue weighted by atomic mass is 32.1. The van der Waals surface area contributed by atoms with Gasteiger partial charge in [0.25, 0.3) is 0 Å². The minimum atomic E-state index is -0.223. The van der Waals surface area contributed by atoms with Crippen LogP contribution in [0.2, 0.25) is 0 Å². The number of nitrogens with one attached hydrogen (secondary N) is 2. The van der Waals surface area contributed by atoms with Gasteiger partial charge >= 0.3 is 12.0 Å². The number of methoxy groups -OCH3 is 1. The molecule has 2 aliphatic rings. The van der Waals surface area contributed by atoms with Crippen LogP contribution in [0.25, 0.3) is 11.4 Å². The van der Waals surface area contributed by atoms with E-state index < -0.39 is 0 Å². The van der Waals surface area contributed by atoms with Crippen molar-refractivity contribution in [1.82, 2.24) is 20.4 Å².